The molecule has 4 rings (SSSR count). The predicted octanol–water partition coefficient (Wildman–Crippen LogP) is 5.78. The van der Waals surface area contributed by atoms with E-state index >= 15 is 0 Å². The van der Waals surface area contributed by atoms with Crippen LogP contribution in [0, 0.1) is 18.8 Å². The Balaban J connectivity index is 1.09. The number of aryl methyl sites for hydroxylation is 1. The van der Waals surface area contributed by atoms with Gasteiger partial charge in [0.25, 0.3) is 5.91 Å². The number of phosphoric ester groups is 1. The van der Waals surface area contributed by atoms with Gasteiger partial charge in [-0.3, -0.25) is 24.2 Å². The Morgan fingerprint density at radius 3 is 2.27 bits per heavy atom. The number of halogens is 1. The molecule has 1 heterocycles. The second-order valence-electron chi connectivity index (χ2n) is 11.7. The first-order chi connectivity index (χ1) is 23.0. The highest BCUT2D eigenvalue weighted by Crippen LogP contribution is 2.41. The van der Waals surface area contributed by atoms with E-state index < -0.39 is 19.9 Å². The maximum atomic E-state index is 14.9. The highest BCUT2D eigenvalue weighted by Gasteiger charge is 2.27. The Morgan fingerprint density at radius 1 is 0.875 bits per heavy atom. The van der Waals surface area contributed by atoms with Gasteiger partial charge in [0.2, 0.25) is 18.0 Å². The number of para-hydroxylation sites is 1. The summed E-state index contributed by atoms with van der Waals surface area (Å²) in [6.07, 6.45) is 2.58. The summed E-state index contributed by atoms with van der Waals surface area (Å²) in [4.78, 5) is 57.9. The minimum atomic E-state index is -4.92. The number of nitrogens with one attached hydrogen (secondary N) is 2. The molecule has 0 aliphatic carbocycles. The van der Waals surface area contributed by atoms with Crippen LogP contribution in [0.1, 0.15) is 85.4 Å². The van der Waals surface area contributed by atoms with Crippen molar-refractivity contribution in [1.29, 1.82) is 0 Å². The molecule has 0 saturated heterocycles. The van der Waals surface area contributed by atoms with E-state index in [1.807, 2.05) is 48.5 Å². The van der Waals surface area contributed by atoms with Crippen molar-refractivity contribution in [2.45, 2.75) is 71.0 Å². The summed E-state index contributed by atoms with van der Waals surface area (Å²) in [7, 11) is -4.92. The molecule has 3 aromatic carbocycles. The summed E-state index contributed by atoms with van der Waals surface area (Å²) in [5.41, 5.74) is 3.86. The van der Waals surface area contributed by atoms with E-state index in [2.05, 4.69) is 27.0 Å². The number of hydrogen-bond acceptors (Lipinski definition) is 5. The summed E-state index contributed by atoms with van der Waals surface area (Å²) in [5.74, 6) is 5.04. The fraction of sp³-hybridized carbons (Fsp3) is 0.361. The average molecular weight is 678 g/mol. The minimum absolute atomic E-state index is 0.00610. The third kappa shape index (κ3) is 11.1. The van der Waals surface area contributed by atoms with Gasteiger partial charge in [0.1, 0.15) is 5.75 Å². The van der Waals surface area contributed by atoms with Gasteiger partial charge in [-0.2, -0.15) is 0 Å². The molecule has 4 N–H and O–H groups in total. The normalized spacial score (nSPS) is 12.7. The molecule has 1 aliphatic heterocycles. The van der Waals surface area contributed by atoms with E-state index in [1.54, 1.807) is 11.8 Å². The largest absolute Gasteiger partial charge is 0.524 e. The van der Waals surface area contributed by atoms with Crippen LogP contribution in [-0.2, 0) is 25.5 Å². The van der Waals surface area contributed by atoms with Crippen LogP contribution in [0.3, 0.4) is 0 Å². The van der Waals surface area contributed by atoms with Crippen LogP contribution < -0.4 is 20.1 Å². The van der Waals surface area contributed by atoms with Gasteiger partial charge in [0.05, 0.1) is 12.2 Å². The van der Waals surface area contributed by atoms with Crippen molar-refractivity contribution in [2.75, 3.05) is 18.0 Å². The van der Waals surface area contributed by atoms with Gasteiger partial charge in [-0.05, 0) is 68.5 Å². The van der Waals surface area contributed by atoms with Crippen molar-refractivity contribution >= 4 is 31.2 Å². The number of fused-ring (bicyclic) bond motifs is 2. The van der Waals surface area contributed by atoms with Crippen LogP contribution in [0.2, 0.25) is 0 Å². The number of anilines is 1. The second-order valence-corrected chi connectivity index (χ2v) is 12.8. The van der Waals surface area contributed by atoms with Crippen molar-refractivity contribution in [3.05, 3.63) is 94.5 Å². The predicted molar refractivity (Wildman–Crippen MR) is 181 cm³/mol. The molecule has 0 bridgehead atoms. The molecule has 1 atom stereocenters. The fourth-order valence-electron chi connectivity index (χ4n) is 5.34. The number of carbonyl (C=O) groups is 3. The van der Waals surface area contributed by atoms with Crippen molar-refractivity contribution in [3.63, 3.8) is 0 Å². The lowest BCUT2D eigenvalue weighted by molar-refractivity contribution is -0.126. The number of nitrogens with zero attached hydrogens (tertiary/aromatic N) is 1. The Hall–Kier alpha value is -4.49. The third-order valence-electron chi connectivity index (χ3n) is 7.83. The van der Waals surface area contributed by atoms with E-state index in [4.69, 9.17) is 9.79 Å². The summed E-state index contributed by atoms with van der Waals surface area (Å²) >= 11 is 0. The molecule has 0 saturated carbocycles. The molecular formula is C36H41FN3O7P. The Bertz CT molecular complexity index is 1710. The van der Waals surface area contributed by atoms with Gasteiger partial charge >= 0.3 is 7.82 Å². The number of rotatable bonds is 16. The number of alkyl halides is 1. The molecule has 0 fully saturated rings. The highest BCUT2D eigenvalue weighted by atomic mass is 31.2. The van der Waals surface area contributed by atoms with Crippen LogP contribution in [-0.4, -0.2) is 40.6 Å². The first kappa shape index (κ1) is 36.3. The first-order valence-electron chi connectivity index (χ1n) is 16.1. The fourth-order valence-corrected chi connectivity index (χ4v) is 5.77. The second kappa shape index (κ2) is 17.6. The topological polar surface area (TPSA) is 145 Å². The average Bonchev–Trinajstić information content (AvgIpc) is 3.05. The number of unbranched alkanes of at least 4 members (excludes halogenated alkanes) is 4. The molecule has 1 aliphatic rings. The minimum Gasteiger partial charge on any atom is -0.404 e. The third-order valence-corrected chi connectivity index (χ3v) is 8.26. The molecule has 1 unspecified atom stereocenters. The number of phosphoric acid groups is 1. The zero-order valence-electron chi connectivity index (χ0n) is 26.9. The van der Waals surface area contributed by atoms with Gasteiger partial charge in [0, 0.05) is 42.6 Å². The van der Waals surface area contributed by atoms with E-state index in [0.717, 1.165) is 41.6 Å². The summed E-state index contributed by atoms with van der Waals surface area (Å²) in [5, 5.41) is 5.41. The van der Waals surface area contributed by atoms with E-state index in [1.165, 1.54) is 18.2 Å². The summed E-state index contributed by atoms with van der Waals surface area (Å²) < 4.78 is 30.6. The molecule has 10 nitrogen and oxygen atoms in total. The van der Waals surface area contributed by atoms with Gasteiger partial charge in [-0.1, -0.05) is 66.6 Å². The van der Waals surface area contributed by atoms with Crippen molar-refractivity contribution in [1.82, 2.24) is 10.6 Å². The van der Waals surface area contributed by atoms with Crippen LogP contribution in [0.5, 0.6) is 5.75 Å². The molecule has 48 heavy (non-hydrogen) atoms. The van der Waals surface area contributed by atoms with E-state index in [0.29, 0.717) is 50.8 Å². The molecule has 0 radical (unpaired) electrons. The number of benzene rings is 3. The maximum Gasteiger partial charge on any atom is 0.524 e. The zero-order chi connectivity index (χ0) is 34.5. The molecule has 0 spiro atoms. The molecule has 0 aromatic heterocycles. The molecule has 3 aromatic rings. The van der Waals surface area contributed by atoms with Gasteiger partial charge in [-0.25, -0.2) is 8.96 Å². The molecular weight excluding hydrogens is 636 g/mol. The maximum absolute atomic E-state index is 14.9. The quantitative estimate of drug-likeness (QED) is 0.0855. The van der Waals surface area contributed by atoms with E-state index in [-0.39, 0.29) is 29.7 Å². The smallest absolute Gasteiger partial charge is 0.404 e. The van der Waals surface area contributed by atoms with E-state index in [9.17, 15) is 23.3 Å². The van der Waals surface area contributed by atoms with Crippen molar-refractivity contribution in [3.8, 4) is 17.6 Å². The SMILES string of the molecule is Cc1ccc(OP(=O)(O)O)c(C(F)C(=O)NCCCCCCNC(=O)CCCCC(=O)N2Cc3ccccc3C#Cc3ccccc32)c1. The Kier molecular flexibility index (Phi) is 13.3. The lowest BCUT2D eigenvalue weighted by Gasteiger charge is -2.26. The van der Waals surface area contributed by atoms with Crippen LogP contribution >= 0.6 is 7.82 Å². The lowest BCUT2D eigenvalue weighted by Crippen LogP contribution is -2.31. The Morgan fingerprint density at radius 2 is 1.52 bits per heavy atom. The monoisotopic (exact) mass is 677 g/mol. The number of amides is 3. The highest BCUT2D eigenvalue weighted by molar-refractivity contribution is 7.46. The zero-order valence-corrected chi connectivity index (χ0v) is 27.8. The molecule has 12 heteroatoms. The van der Waals surface area contributed by atoms with Crippen molar-refractivity contribution < 1.29 is 37.6 Å². The van der Waals surface area contributed by atoms with Crippen molar-refractivity contribution in [2.24, 2.45) is 0 Å². The first-order valence-corrected chi connectivity index (χ1v) is 17.6. The number of hydrogen-bond donors (Lipinski definition) is 4. The summed E-state index contributed by atoms with van der Waals surface area (Å²) in [6, 6.07) is 19.5. The van der Waals surface area contributed by atoms with Gasteiger partial charge < -0.3 is 20.1 Å². The van der Waals surface area contributed by atoms with Gasteiger partial charge in [-0.15, -0.1) is 0 Å². The van der Waals surface area contributed by atoms with Gasteiger partial charge in [0.15, 0.2) is 0 Å². The van der Waals surface area contributed by atoms with Crippen LogP contribution in [0.4, 0.5) is 10.1 Å². The molecule has 254 valence electrons. The standard InChI is InChI=1S/C36H41FN3O7P/c1-26-18-21-32(47-48(44,45)46)30(24-26)35(37)36(43)39-23-11-3-2-10-22-38-33(41)16-8-9-17-34(42)40-25-29-14-5-4-12-27(29)19-20-28-13-6-7-15-31(28)40/h4-7,12-15,18,21,24,35H,2-3,8-11,16-17,22-23,25H2,1H3,(H,38,41)(H,39,43)(H2,44,45,46). The summed E-state index contributed by atoms with van der Waals surface area (Å²) in [6.45, 7) is 2.84. The molecule has 3 amide bonds. The Labute approximate surface area is 280 Å². The lowest BCUT2D eigenvalue weighted by atomic mass is 10.0. The van der Waals surface area contributed by atoms with Crippen LogP contribution in [0.15, 0.2) is 66.7 Å². The number of carbonyl (C=O) groups excluding carboxylic acids is 3. The van der Waals surface area contributed by atoms with Crippen LogP contribution in [0.25, 0.3) is 0 Å².